The predicted molar refractivity (Wildman–Crippen MR) is 75.8 cm³/mol. The lowest BCUT2D eigenvalue weighted by Gasteiger charge is -2.29. The van der Waals surface area contributed by atoms with Gasteiger partial charge in [-0.05, 0) is 11.5 Å². The minimum atomic E-state index is 0.741. The topological polar surface area (TPSA) is 25.4 Å². The van der Waals surface area contributed by atoms with E-state index in [4.69, 9.17) is 17.0 Å². The molecule has 1 saturated heterocycles. The van der Waals surface area contributed by atoms with E-state index in [1.165, 1.54) is 5.39 Å². The number of pyridine rings is 1. The highest BCUT2D eigenvalue weighted by Crippen LogP contribution is 2.18. The number of nitrogens with zero attached hydrogens (tertiary/aromatic N) is 2. The van der Waals surface area contributed by atoms with Crippen LogP contribution in [0.3, 0.4) is 0 Å². The third-order valence-electron chi connectivity index (χ3n) is 3.17. The maximum absolute atomic E-state index is 5.58. The van der Waals surface area contributed by atoms with Crippen LogP contribution in [0.1, 0.15) is 5.69 Å². The fourth-order valence-corrected chi connectivity index (χ4v) is 2.55. The molecule has 0 unspecified atom stereocenters. The van der Waals surface area contributed by atoms with Crippen molar-refractivity contribution in [2.75, 3.05) is 26.3 Å². The van der Waals surface area contributed by atoms with Crippen molar-refractivity contribution in [1.82, 2.24) is 9.88 Å². The average molecular weight is 258 g/mol. The van der Waals surface area contributed by atoms with Crippen LogP contribution in [-0.4, -0.2) is 41.2 Å². The number of aromatic nitrogens is 1. The Bertz CT molecular complexity index is 574. The van der Waals surface area contributed by atoms with E-state index in [1.807, 2.05) is 24.4 Å². The summed E-state index contributed by atoms with van der Waals surface area (Å²) in [5.41, 5.74) is 0.907. The molecule has 1 aliphatic heterocycles. The molecule has 0 aliphatic carbocycles. The van der Waals surface area contributed by atoms with Crippen LogP contribution in [0.5, 0.6) is 0 Å². The molecule has 18 heavy (non-hydrogen) atoms. The summed E-state index contributed by atoms with van der Waals surface area (Å²) in [4.78, 5) is 7.46. The summed E-state index contributed by atoms with van der Waals surface area (Å²) in [5, 5.41) is 2.30. The lowest BCUT2D eigenvalue weighted by Crippen LogP contribution is -2.40. The zero-order valence-electron chi connectivity index (χ0n) is 10.0. The highest BCUT2D eigenvalue weighted by atomic mass is 32.1. The van der Waals surface area contributed by atoms with Crippen molar-refractivity contribution in [2.45, 2.75) is 0 Å². The summed E-state index contributed by atoms with van der Waals surface area (Å²) < 4.78 is 5.35. The second kappa shape index (κ2) is 5.00. The first-order chi connectivity index (χ1) is 8.86. The normalized spacial score (nSPS) is 15.9. The molecule has 0 amide bonds. The number of rotatable bonds is 1. The van der Waals surface area contributed by atoms with Gasteiger partial charge in [-0.1, -0.05) is 36.5 Å². The summed E-state index contributed by atoms with van der Waals surface area (Å²) in [6.45, 7) is 3.18. The van der Waals surface area contributed by atoms with E-state index < -0.39 is 0 Å². The maximum Gasteiger partial charge on any atom is 0.128 e. The molecule has 2 heterocycles. The van der Waals surface area contributed by atoms with Crippen molar-refractivity contribution in [3.8, 4) is 0 Å². The van der Waals surface area contributed by atoms with E-state index in [9.17, 15) is 0 Å². The number of fused-ring (bicyclic) bond motifs is 1. The molecule has 1 aliphatic rings. The van der Waals surface area contributed by atoms with Crippen molar-refractivity contribution in [3.63, 3.8) is 0 Å². The Balaban J connectivity index is 2.00. The van der Waals surface area contributed by atoms with Crippen LogP contribution >= 0.6 is 12.2 Å². The molecule has 0 bridgehead atoms. The second-order valence-corrected chi connectivity index (χ2v) is 4.67. The van der Waals surface area contributed by atoms with Crippen molar-refractivity contribution < 1.29 is 4.74 Å². The SMILES string of the molecule is S=C(c1nccc2ccccc12)N1CCOCC1. The molecule has 3 rings (SSSR count). The molecular formula is C14H14N2OS. The van der Waals surface area contributed by atoms with E-state index in [2.05, 4.69) is 22.0 Å². The first-order valence-electron chi connectivity index (χ1n) is 6.07. The molecule has 0 N–H and O–H groups in total. The van der Waals surface area contributed by atoms with Crippen molar-refractivity contribution >= 4 is 28.0 Å². The molecule has 1 fully saturated rings. The zero-order chi connectivity index (χ0) is 12.4. The van der Waals surface area contributed by atoms with E-state index >= 15 is 0 Å². The molecule has 3 nitrogen and oxygen atoms in total. The van der Waals surface area contributed by atoms with Gasteiger partial charge < -0.3 is 9.64 Å². The first-order valence-corrected chi connectivity index (χ1v) is 6.48. The van der Waals surface area contributed by atoms with Gasteiger partial charge in [0, 0.05) is 24.7 Å². The van der Waals surface area contributed by atoms with Crippen LogP contribution in [0, 0.1) is 0 Å². The minimum Gasteiger partial charge on any atom is -0.378 e. The Morgan fingerprint density at radius 3 is 2.78 bits per heavy atom. The standard InChI is InChI=1S/C14H14N2OS/c18-14(16-7-9-17-10-8-16)13-12-4-2-1-3-11(12)5-6-15-13/h1-6H,7-10H2. The maximum atomic E-state index is 5.58. The molecule has 0 atom stereocenters. The number of thiocarbonyl (C=S) groups is 1. The van der Waals surface area contributed by atoms with E-state index in [0.29, 0.717) is 0 Å². The lowest BCUT2D eigenvalue weighted by atomic mass is 10.1. The number of benzene rings is 1. The fraction of sp³-hybridized carbons (Fsp3) is 0.286. The molecule has 2 aromatic rings. The molecule has 92 valence electrons. The first kappa shape index (κ1) is 11.6. The smallest absolute Gasteiger partial charge is 0.128 e. The minimum absolute atomic E-state index is 0.741. The summed E-state index contributed by atoms with van der Waals surface area (Å²) in [7, 11) is 0. The molecule has 0 saturated carbocycles. The number of hydrogen-bond donors (Lipinski definition) is 0. The molecule has 1 aromatic heterocycles. The predicted octanol–water partition coefficient (Wildman–Crippen LogP) is 2.24. The Morgan fingerprint density at radius 2 is 1.94 bits per heavy atom. The molecule has 4 heteroatoms. The molecular weight excluding hydrogens is 244 g/mol. The van der Waals surface area contributed by atoms with E-state index in [1.54, 1.807) is 0 Å². The highest BCUT2D eigenvalue weighted by Gasteiger charge is 2.17. The fourth-order valence-electron chi connectivity index (χ4n) is 2.21. The van der Waals surface area contributed by atoms with Crippen molar-refractivity contribution in [1.29, 1.82) is 0 Å². The quantitative estimate of drug-likeness (QED) is 0.733. The Hall–Kier alpha value is -1.52. The van der Waals surface area contributed by atoms with Crippen LogP contribution in [0.15, 0.2) is 36.5 Å². The second-order valence-electron chi connectivity index (χ2n) is 4.29. The summed E-state index contributed by atoms with van der Waals surface area (Å²) in [5.74, 6) is 0. The number of ether oxygens (including phenoxy) is 1. The van der Waals surface area contributed by atoms with Gasteiger partial charge in [0.05, 0.1) is 13.2 Å². The van der Waals surface area contributed by atoms with Crippen LogP contribution in [-0.2, 0) is 4.74 Å². The summed E-state index contributed by atoms with van der Waals surface area (Å²) >= 11 is 5.58. The zero-order valence-corrected chi connectivity index (χ0v) is 10.8. The van der Waals surface area contributed by atoms with E-state index in [0.717, 1.165) is 42.4 Å². The van der Waals surface area contributed by atoms with Gasteiger partial charge in [-0.2, -0.15) is 0 Å². The van der Waals surface area contributed by atoms with Gasteiger partial charge in [0.1, 0.15) is 10.7 Å². The van der Waals surface area contributed by atoms with Crippen LogP contribution in [0.2, 0.25) is 0 Å². The average Bonchev–Trinajstić information content (AvgIpc) is 2.47. The molecule has 0 radical (unpaired) electrons. The Labute approximate surface area is 111 Å². The van der Waals surface area contributed by atoms with Crippen LogP contribution in [0.4, 0.5) is 0 Å². The van der Waals surface area contributed by atoms with Crippen molar-refractivity contribution in [3.05, 3.63) is 42.2 Å². The monoisotopic (exact) mass is 258 g/mol. The summed E-state index contributed by atoms with van der Waals surface area (Å²) in [6, 6.07) is 10.2. The summed E-state index contributed by atoms with van der Waals surface area (Å²) in [6.07, 6.45) is 1.82. The van der Waals surface area contributed by atoms with Crippen molar-refractivity contribution in [2.24, 2.45) is 0 Å². The van der Waals surface area contributed by atoms with Gasteiger partial charge in [-0.3, -0.25) is 4.98 Å². The Kier molecular flexibility index (Phi) is 3.21. The molecule has 1 aromatic carbocycles. The van der Waals surface area contributed by atoms with Gasteiger partial charge in [-0.25, -0.2) is 0 Å². The highest BCUT2D eigenvalue weighted by molar-refractivity contribution is 7.80. The number of morpholine rings is 1. The Morgan fingerprint density at radius 1 is 1.17 bits per heavy atom. The largest absolute Gasteiger partial charge is 0.378 e. The van der Waals surface area contributed by atoms with Gasteiger partial charge in [0.2, 0.25) is 0 Å². The number of hydrogen-bond acceptors (Lipinski definition) is 3. The van der Waals surface area contributed by atoms with Crippen LogP contribution < -0.4 is 0 Å². The lowest BCUT2D eigenvalue weighted by molar-refractivity contribution is 0.0692. The van der Waals surface area contributed by atoms with Gasteiger partial charge in [-0.15, -0.1) is 0 Å². The van der Waals surface area contributed by atoms with Gasteiger partial charge in [0.15, 0.2) is 0 Å². The van der Waals surface area contributed by atoms with Gasteiger partial charge >= 0.3 is 0 Å². The van der Waals surface area contributed by atoms with E-state index in [-0.39, 0.29) is 0 Å². The molecule has 0 spiro atoms. The third-order valence-corrected chi connectivity index (χ3v) is 3.63. The van der Waals surface area contributed by atoms with Crippen LogP contribution in [0.25, 0.3) is 10.8 Å². The van der Waals surface area contributed by atoms with Gasteiger partial charge in [0.25, 0.3) is 0 Å². The third kappa shape index (κ3) is 2.09.